The zero-order valence-corrected chi connectivity index (χ0v) is 16.2. The van der Waals surface area contributed by atoms with Crippen molar-refractivity contribution in [3.63, 3.8) is 0 Å². The average molecular weight is 388 g/mol. The fourth-order valence-corrected chi connectivity index (χ4v) is 3.76. The summed E-state index contributed by atoms with van der Waals surface area (Å²) in [4.78, 5) is 31.5. The molecule has 2 aromatic rings. The van der Waals surface area contributed by atoms with Gasteiger partial charge in [0, 0.05) is 43.7 Å². The van der Waals surface area contributed by atoms with E-state index in [1.54, 1.807) is 0 Å². The third kappa shape index (κ3) is 5.85. The topological polar surface area (TPSA) is 85.8 Å². The van der Waals surface area contributed by atoms with Crippen molar-refractivity contribution in [2.45, 2.75) is 13.0 Å². The molecule has 0 aliphatic carbocycles. The van der Waals surface area contributed by atoms with E-state index >= 15 is 0 Å². The average Bonchev–Trinajstić information content (AvgIpc) is 3.11. The monoisotopic (exact) mass is 388 g/mol. The van der Waals surface area contributed by atoms with Gasteiger partial charge in [0.25, 0.3) is 0 Å². The second-order valence-electron chi connectivity index (χ2n) is 6.77. The maximum atomic E-state index is 11.7. The molecule has 1 aromatic heterocycles. The molecule has 1 fully saturated rings. The zero-order valence-electron chi connectivity index (χ0n) is 15.4. The fraction of sp³-hybridized carbons (Fsp3) is 0.421. The second kappa shape index (κ2) is 9.07. The third-order valence-corrected chi connectivity index (χ3v) is 5.47. The summed E-state index contributed by atoms with van der Waals surface area (Å²) in [6.45, 7) is 5.00. The lowest BCUT2D eigenvalue weighted by Crippen LogP contribution is -2.43. The molecule has 1 aliphatic rings. The molecular formula is C19H24N4O3S. The van der Waals surface area contributed by atoms with E-state index in [1.807, 2.05) is 5.38 Å². The first-order chi connectivity index (χ1) is 13.0. The zero-order chi connectivity index (χ0) is 19.2. The molecule has 2 N–H and O–H groups in total. The first-order valence-electron chi connectivity index (χ1n) is 8.93. The Kier molecular flexibility index (Phi) is 6.54. The first kappa shape index (κ1) is 19.5. The predicted octanol–water partition coefficient (Wildman–Crippen LogP) is 1.30. The Morgan fingerprint density at radius 3 is 2.56 bits per heavy atom. The van der Waals surface area contributed by atoms with E-state index in [2.05, 4.69) is 51.4 Å². The molecule has 7 nitrogen and oxygen atoms in total. The molecule has 27 heavy (non-hydrogen) atoms. The van der Waals surface area contributed by atoms with Crippen LogP contribution in [0.2, 0.25) is 0 Å². The van der Waals surface area contributed by atoms with E-state index in [-0.39, 0.29) is 18.9 Å². The van der Waals surface area contributed by atoms with Crippen molar-refractivity contribution in [3.8, 4) is 10.6 Å². The highest BCUT2D eigenvalue weighted by molar-refractivity contribution is 7.13. The smallest absolute Gasteiger partial charge is 0.322 e. The van der Waals surface area contributed by atoms with Crippen molar-refractivity contribution in [2.24, 2.45) is 0 Å². The van der Waals surface area contributed by atoms with Crippen molar-refractivity contribution in [2.75, 3.05) is 39.8 Å². The normalized spacial score (nSPS) is 15.6. The lowest BCUT2D eigenvalue weighted by atomic mass is 10.1. The molecule has 1 amide bonds. The maximum absolute atomic E-state index is 11.7. The summed E-state index contributed by atoms with van der Waals surface area (Å²) in [5.74, 6) is -1.39. The van der Waals surface area contributed by atoms with Crippen molar-refractivity contribution < 1.29 is 14.7 Å². The van der Waals surface area contributed by atoms with Gasteiger partial charge >= 0.3 is 5.97 Å². The summed E-state index contributed by atoms with van der Waals surface area (Å²) in [6, 6.07) is 8.40. The van der Waals surface area contributed by atoms with Gasteiger partial charge in [0.2, 0.25) is 5.91 Å². The minimum atomic E-state index is -1.06. The molecule has 3 rings (SSSR count). The lowest BCUT2D eigenvalue weighted by molar-refractivity contribution is -0.137. The Balaban J connectivity index is 1.55. The molecular weight excluding hydrogens is 364 g/mol. The van der Waals surface area contributed by atoms with Crippen molar-refractivity contribution in [1.82, 2.24) is 20.1 Å². The molecule has 0 saturated carbocycles. The Morgan fingerprint density at radius 2 is 1.89 bits per heavy atom. The molecule has 0 atom stereocenters. The van der Waals surface area contributed by atoms with Crippen LogP contribution in [0.15, 0.2) is 29.6 Å². The van der Waals surface area contributed by atoms with Gasteiger partial charge in [-0.15, -0.1) is 11.3 Å². The summed E-state index contributed by atoms with van der Waals surface area (Å²) in [5.41, 5.74) is 2.96. The van der Waals surface area contributed by atoms with E-state index in [1.165, 1.54) is 16.9 Å². The number of amides is 1. The molecule has 0 unspecified atom stereocenters. The van der Waals surface area contributed by atoms with Crippen LogP contribution >= 0.6 is 11.3 Å². The summed E-state index contributed by atoms with van der Waals surface area (Å²) >= 11 is 1.49. The van der Waals surface area contributed by atoms with E-state index < -0.39 is 5.97 Å². The Labute approximate surface area is 162 Å². The lowest BCUT2D eigenvalue weighted by Gasteiger charge is -2.32. The number of hydrogen-bond donors (Lipinski definition) is 2. The SMILES string of the molecule is CN1CCN(Cc2ccc(-c3nc(CC(=O)NCC(=O)O)cs3)cc2)CC1. The second-order valence-corrected chi connectivity index (χ2v) is 7.63. The number of rotatable bonds is 7. The number of piperazine rings is 1. The number of carboxylic acids is 1. The number of carbonyl (C=O) groups excluding carboxylic acids is 1. The summed E-state index contributed by atoms with van der Waals surface area (Å²) in [6.07, 6.45) is 0.0886. The highest BCUT2D eigenvalue weighted by Gasteiger charge is 2.14. The van der Waals surface area contributed by atoms with Gasteiger partial charge in [-0.25, -0.2) is 4.98 Å². The van der Waals surface area contributed by atoms with Gasteiger partial charge in [-0.05, 0) is 12.6 Å². The van der Waals surface area contributed by atoms with Crippen LogP contribution in [0.25, 0.3) is 10.6 Å². The molecule has 1 aromatic carbocycles. The van der Waals surface area contributed by atoms with Crippen molar-refractivity contribution in [1.29, 1.82) is 0 Å². The number of benzene rings is 1. The van der Waals surface area contributed by atoms with Crippen LogP contribution in [-0.4, -0.2) is 71.5 Å². The van der Waals surface area contributed by atoms with Gasteiger partial charge in [-0.3, -0.25) is 14.5 Å². The van der Waals surface area contributed by atoms with Gasteiger partial charge in [0.15, 0.2) is 0 Å². The Bertz CT molecular complexity index is 783. The summed E-state index contributed by atoms with van der Waals surface area (Å²) in [5, 5.41) is 13.6. The highest BCUT2D eigenvalue weighted by Crippen LogP contribution is 2.24. The Hall–Kier alpha value is -2.29. The van der Waals surface area contributed by atoms with E-state index in [0.29, 0.717) is 5.69 Å². The van der Waals surface area contributed by atoms with Gasteiger partial charge in [0.05, 0.1) is 12.1 Å². The molecule has 1 saturated heterocycles. The number of nitrogens with one attached hydrogen (secondary N) is 1. The number of aromatic nitrogens is 1. The van der Waals surface area contributed by atoms with Gasteiger partial charge in [0.1, 0.15) is 11.6 Å². The van der Waals surface area contributed by atoms with Crippen LogP contribution in [0, 0.1) is 0 Å². The molecule has 0 bridgehead atoms. The third-order valence-electron chi connectivity index (χ3n) is 4.53. The minimum absolute atomic E-state index is 0.0886. The Morgan fingerprint density at radius 1 is 1.19 bits per heavy atom. The van der Waals surface area contributed by atoms with Crippen LogP contribution in [-0.2, 0) is 22.6 Å². The highest BCUT2D eigenvalue weighted by atomic mass is 32.1. The van der Waals surface area contributed by atoms with Crippen LogP contribution in [0.5, 0.6) is 0 Å². The molecule has 8 heteroatoms. The summed E-state index contributed by atoms with van der Waals surface area (Å²) in [7, 11) is 2.16. The van der Waals surface area contributed by atoms with Gasteiger partial charge < -0.3 is 15.3 Å². The predicted molar refractivity (Wildman–Crippen MR) is 105 cm³/mol. The molecule has 2 heterocycles. The minimum Gasteiger partial charge on any atom is -0.480 e. The molecule has 144 valence electrons. The molecule has 1 aliphatic heterocycles. The largest absolute Gasteiger partial charge is 0.480 e. The standard InChI is InChI=1S/C19H24N4O3S/c1-22-6-8-23(9-7-22)12-14-2-4-15(5-3-14)19-21-16(13-27-19)10-17(24)20-11-18(25)26/h2-5,13H,6-12H2,1H3,(H,20,24)(H,25,26). The van der Waals surface area contributed by atoms with Crippen molar-refractivity contribution >= 4 is 23.2 Å². The molecule has 0 radical (unpaired) electrons. The summed E-state index contributed by atoms with van der Waals surface area (Å²) < 4.78 is 0. The fourth-order valence-electron chi connectivity index (χ4n) is 2.94. The number of carboxylic acid groups (broad SMARTS) is 1. The quantitative estimate of drug-likeness (QED) is 0.744. The van der Waals surface area contributed by atoms with E-state index in [4.69, 9.17) is 5.11 Å². The van der Waals surface area contributed by atoms with Crippen LogP contribution < -0.4 is 5.32 Å². The van der Waals surface area contributed by atoms with Crippen LogP contribution in [0.4, 0.5) is 0 Å². The maximum Gasteiger partial charge on any atom is 0.322 e. The van der Waals surface area contributed by atoms with Gasteiger partial charge in [-0.2, -0.15) is 0 Å². The number of likely N-dealkylation sites (N-methyl/N-ethyl adjacent to an activating group) is 1. The number of thiazole rings is 1. The van der Waals surface area contributed by atoms with Gasteiger partial charge in [-0.1, -0.05) is 24.3 Å². The number of carbonyl (C=O) groups is 2. The van der Waals surface area contributed by atoms with Crippen LogP contribution in [0.1, 0.15) is 11.3 Å². The van der Waals surface area contributed by atoms with E-state index in [0.717, 1.165) is 43.3 Å². The number of aliphatic carboxylic acids is 1. The van der Waals surface area contributed by atoms with E-state index in [9.17, 15) is 9.59 Å². The number of hydrogen-bond acceptors (Lipinski definition) is 6. The first-order valence-corrected chi connectivity index (χ1v) is 9.80. The van der Waals surface area contributed by atoms with Crippen molar-refractivity contribution in [3.05, 3.63) is 40.9 Å². The van der Waals surface area contributed by atoms with Crippen LogP contribution in [0.3, 0.4) is 0 Å². The number of nitrogens with zero attached hydrogens (tertiary/aromatic N) is 3. The molecule has 0 spiro atoms.